The predicted octanol–water partition coefficient (Wildman–Crippen LogP) is 3.40. The summed E-state index contributed by atoms with van der Waals surface area (Å²) >= 11 is 5.26. The van der Waals surface area contributed by atoms with Crippen molar-refractivity contribution in [3.63, 3.8) is 0 Å². The smallest absolute Gasteiger partial charge is 0.191 e. The number of nitrogens with zero attached hydrogens (tertiary/aromatic N) is 2. The second-order valence-corrected chi connectivity index (χ2v) is 7.47. The van der Waals surface area contributed by atoms with E-state index in [4.69, 9.17) is 9.47 Å². The maximum absolute atomic E-state index is 5.36. The number of hydrogen-bond acceptors (Lipinski definition) is 5. The van der Waals surface area contributed by atoms with E-state index in [-0.39, 0.29) is 0 Å². The zero-order valence-corrected chi connectivity index (χ0v) is 17.5. The largest absolute Gasteiger partial charge is 0.493 e. The third-order valence-electron chi connectivity index (χ3n) is 3.70. The standard InChI is InChI=1S/C17H23BrN4O2S/c1-10-11(2)25-16(22-10)9-21-17(19-3)20-8-12-6-14(23-4)15(24-5)7-13(12)18/h6-7H,8-9H2,1-5H3,(H2,19,20,21). The van der Waals surface area contributed by atoms with Gasteiger partial charge in [0.05, 0.1) is 26.5 Å². The first-order chi connectivity index (χ1) is 12.0. The molecule has 2 aromatic rings. The zero-order chi connectivity index (χ0) is 18.4. The number of hydrogen-bond donors (Lipinski definition) is 2. The third-order valence-corrected chi connectivity index (χ3v) is 5.51. The number of thiazole rings is 1. The van der Waals surface area contributed by atoms with Crippen molar-refractivity contribution < 1.29 is 9.47 Å². The maximum Gasteiger partial charge on any atom is 0.191 e. The number of nitrogens with one attached hydrogen (secondary N) is 2. The molecule has 6 nitrogen and oxygen atoms in total. The summed E-state index contributed by atoms with van der Waals surface area (Å²) in [5, 5.41) is 7.63. The van der Waals surface area contributed by atoms with Gasteiger partial charge in [0.15, 0.2) is 17.5 Å². The van der Waals surface area contributed by atoms with Crippen molar-refractivity contribution in [2.75, 3.05) is 21.3 Å². The number of ether oxygens (including phenoxy) is 2. The molecule has 0 aliphatic carbocycles. The van der Waals surface area contributed by atoms with Crippen molar-refractivity contribution in [2.45, 2.75) is 26.9 Å². The van der Waals surface area contributed by atoms with Gasteiger partial charge in [-0.1, -0.05) is 15.9 Å². The van der Waals surface area contributed by atoms with Gasteiger partial charge in [-0.3, -0.25) is 4.99 Å². The molecule has 0 saturated carbocycles. The molecular formula is C17H23BrN4O2S. The van der Waals surface area contributed by atoms with Crippen LogP contribution in [0, 0.1) is 13.8 Å². The lowest BCUT2D eigenvalue weighted by molar-refractivity contribution is 0.354. The highest BCUT2D eigenvalue weighted by molar-refractivity contribution is 9.10. The molecule has 8 heteroatoms. The van der Waals surface area contributed by atoms with Crippen molar-refractivity contribution in [1.29, 1.82) is 0 Å². The van der Waals surface area contributed by atoms with Crippen LogP contribution in [-0.2, 0) is 13.1 Å². The number of halogens is 1. The summed E-state index contributed by atoms with van der Waals surface area (Å²) in [6, 6.07) is 3.84. The van der Waals surface area contributed by atoms with E-state index in [9.17, 15) is 0 Å². The van der Waals surface area contributed by atoms with Crippen LogP contribution in [0.4, 0.5) is 0 Å². The van der Waals surface area contributed by atoms with Gasteiger partial charge >= 0.3 is 0 Å². The lowest BCUT2D eigenvalue weighted by Crippen LogP contribution is -2.36. The molecule has 0 saturated heterocycles. The van der Waals surface area contributed by atoms with Crippen LogP contribution in [0.5, 0.6) is 11.5 Å². The van der Waals surface area contributed by atoms with Crippen molar-refractivity contribution in [1.82, 2.24) is 15.6 Å². The SMILES string of the molecule is CN=C(NCc1nc(C)c(C)s1)NCc1cc(OC)c(OC)cc1Br. The summed E-state index contributed by atoms with van der Waals surface area (Å²) in [4.78, 5) is 10.0. The second kappa shape index (κ2) is 9.05. The molecular weight excluding hydrogens is 404 g/mol. The molecule has 0 amide bonds. The Hall–Kier alpha value is -1.80. The fraction of sp³-hybridized carbons (Fsp3) is 0.412. The molecule has 2 N–H and O–H groups in total. The summed E-state index contributed by atoms with van der Waals surface area (Å²) in [5.74, 6) is 2.10. The van der Waals surface area contributed by atoms with Crippen molar-refractivity contribution in [3.05, 3.63) is 37.7 Å². The van der Waals surface area contributed by atoms with E-state index < -0.39 is 0 Å². The Morgan fingerprint density at radius 2 is 1.80 bits per heavy atom. The van der Waals surface area contributed by atoms with Crippen molar-refractivity contribution in [2.24, 2.45) is 4.99 Å². The Bertz CT molecular complexity index is 742. The predicted molar refractivity (Wildman–Crippen MR) is 106 cm³/mol. The Morgan fingerprint density at radius 3 is 2.36 bits per heavy atom. The van der Waals surface area contributed by atoms with Gasteiger partial charge < -0.3 is 20.1 Å². The monoisotopic (exact) mass is 426 g/mol. The minimum atomic E-state index is 0.594. The molecule has 1 heterocycles. The number of aryl methyl sites for hydroxylation is 2. The molecule has 0 atom stereocenters. The van der Waals surface area contributed by atoms with Crippen LogP contribution in [0.15, 0.2) is 21.6 Å². The summed E-state index contributed by atoms with van der Waals surface area (Å²) in [5.41, 5.74) is 2.13. The molecule has 25 heavy (non-hydrogen) atoms. The lowest BCUT2D eigenvalue weighted by atomic mass is 10.2. The number of aliphatic imine (C=N–C) groups is 1. The number of guanidine groups is 1. The van der Waals surface area contributed by atoms with Crippen molar-refractivity contribution in [3.8, 4) is 11.5 Å². The average molecular weight is 427 g/mol. The summed E-state index contributed by atoms with van der Waals surface area (Å²) in [6.07, 6.45) is 0. The Balaban J connectivity index is 1.98. The van der Waals surface area contributed by atoms with Gasteiger partial charge in [0.2, 0.25) is 0 Å². The summed E-state index contributed by atoms with van der Waals surface area (Å²) in [7, 11) is 4.99. The first-order valence-corrected chi connectivity index (χ1v) is 9.37. The van der Waals surface area contributed by atoms with Crippen LogP contribution in [0.3, 0.4) is 0 Å². The van der Waals surface area contributed by atoms with E-state index in [1.165, 1.54) is 4.88 Å². The van der Waals surface area contributed by atoms with E-state index in [0.717, 1.165) is 20.7 Å². The van der Waals surface area contributed by atoms with E-state index in [1.54, 1.807) is 32.6 Å². The van der Waals surface area contributed by atoms with Crippen molar-refractivity contribution >= 4 is 33.2 Å². The third kappa shape index (κ3) is 5.09. The lowest BCUT2D eigenvalue weighted by Gasteiger charge is -2.14. The van der Waals surface area contributed by atoms with Gasteiger partial charge in [-0.15, -0.1) is 11.3 Å². The number of aromatic nitrogens is 1. The molecule has 136 valence electrons. The van der Waals surface area contributed by atoms with E-state index in [1.807, 2.05) is 19.1 Å². The summed E-state index contributed by atoms with van der Waals surface area (Å²) in [6.45, 7) is 5.35. The molecule has 0 aliphatic heterocycles. The van der Waals surface area contributed by atoms with Crippen LogP contribution in [0.25, 0.3) is 0 Å². The molecule has 1 aromatic carbocycles. The normalized spacial score (nSPS) is 11.4. The fourth-order valence-corrected chi connectivity index (χ4v) is 3.54. The molecule has 0 spiro atoms. The van der Waals surface area contributed by atoms with Gasteiger partial charge in [-0.25, -0.2) is 4.98 Å². The molecule has 0 fully saturated rings. The first-order valence-electron chi connectivity index (χ1n) is 7.76. The molecule has 0 radical (unpaired) electrons. The van der Waals surface area contributed by atoms with Crippen LogP contribution in [-0.4, -0.2) is 32.2 Å². The minimum Gasteiger partial charge on any atom is -0.493 e. The van der Waals surface area contributed by atoms with Gasteiger partial charge in [-0.2, -0.15) is 0 Å². The Labute approximate surface area is 160 Å². The number of rotatable bonds is 6. The van der Waals surface area contributed by atoms with E-state index in [0.29, 0.717) is 30.5 Å². The molecule has 0 unspecified atom stereocenters. The first kappa shape index (κ1) is 19.5. The average Bonchev–Trinajstić information content (AvgIpc) is 2.93. The quantitative estimate of drug-likeness (QED) is 0.547. The van der Waals surface area contributed by atoms with Gasteiger partial charge in [-0.05, 0) is 31.5 Å². The van der Waals surface area contributed by atoms with Gasteiger partial charge in [0.25, 0.3) is 0 Å². The molecule has 1 aromatic heterocycles. The van der Waals surface area contributed by atoms with E-state index >= 15 is 0 Å². The highest BCUT2D eigenvalue weighted by atomic mass is 79.9. The summed E-state index contributed by atoms with van der Waals surface area (Å²) < 4.78 is 11.6. The highest BCUT2D eigenvalue weighted by Gasteiger charge is 2.10. The van der Waals surface area contributed by atoms with Crippen LogP contribution >= 0.6 is 27.3 Å². The van der Waals surface area contributed by atoms with E-state index in [2.05, 4.69) is 43.5 Å². The highest BCUT2D eigenvalue weighted by Crippen LogP contribution is 2.33. The Kier molecular flexibility index (Phi) is 7.07. The molecule has 2 rings (SSSR count). The van der Waals surface area contributed by atoms with Crippen LogP contribution in [0.1, 0.15) is 21.1 Å². The number of methoxy groups -OCH3 is 2. The van der Waals surface area contributed by atoms with Crippen LogP contribution < -0.4 is 20.1 Å². The molecule has 0 bridgehead atoms. The Morgan fingerprint density at radius 1 is 1.16 bits per heavy atom. The second-order valence-electron chi connectivity index (χ2n) is 5.33. The van der Waals surface area contributed by atoms with Crippen LogP contribution in [0.2, 0.25) is 0 Å². The van der Waals surface area contributed by atoms with Gasteiger partial charge in [0, 0.05) is 22.9 Å². The maximum atomic E-state index is 5.36. The minimum absolute atomic E-state index is 0.594. The fourth-order valence-electron chi connectivity index (χ4n) is 2.21. The molecule has 0 aliphatic rings. The zero-order valence-electron chi connectivity index (χ0n) is 15.1. The van der Waals surface area contributed by atoms with Gasteiger partial charge in [0.1, 0.15) is 5.01 Å². The number of benzene rings is 1. The topological polar surface area (TPSA) is 67.8 Å².